The number of carbonyl (C=O) groups excluding carboxylic acids is 2. The summed E-state index contributed by atoms with van der Waals surface area (Å²) in [6.07, 6.45) is 1.40. The van der Waals surface area contributed by atoms with Gasteiger partial charge in [0.05, 0.1) is 6.26 Å². The number of rotatable bonds is 5. The van der Waals surface area contributed by atoms with Gasteiger partial charge in [0.15, 0.2) is 12.4 Å². The van der Waals surface area contributed by atoms with E-state index >= 15 is 0 Å². The molecule has 0 fully saturated rings. The van der Waals surface area contributed by atoms with Crippen molar-refractivity contribution in [2.24, 2.45) is 0 Å². The number of hydrogen-bond donors (Lipinski definition) is 0. The molecular weight excluding hydrogens is 324 g/mol. The van der Waals surface area contributed by atoms with Gasteiger partial charge in [-0.3, -0.25) is 9.36 Å². The van der Waals surface area contributed by atoms with E-state index in [1.54, 1.807) is 32.0 Å². The number of aromatic nitrogens is 2. The minimum atomic E-state index is -0.656. The first-order valence-electron chi connectivity index (χ1n) is 7.75. The molecule has 0 radical (unpaired) electrons. The lowest BCUT2D eigenvalue weighted by molar-refractivity contribution is 0.0442. The number of aryl methyl sites for hydroxylation is 3. The molecule has 3 rings (SSSR count). The van der Waals surface area contributed by atoms with E-state index < -0.39 is 5.97 Å². The van der Waals surface area contributed by atoms with Crippen LogP contribution in [0.5, 0.6) is 0 Å². The molecule has 0 bridgehead atoms. The van der Waals surface area contributed by atoms with Crippen LogP contribution >= 0.6 is 0 Å². The zero-order chi connectivity index (χ0) is 18.1. The second-order valence-electron chi connectivity index (χ2n) is 5.85. The van der Waals surface area contributed by atoms with Crippen molar-refractivity contribution in [2.75, 3.05) is 6.61 Å². The summed E-state index contributed by atoms with van der Waals surface area (Å²) < 4.78 is 17.1. The fourth-order valence-corrected chi connectivity index (χ4v) is 2.71. The maximum Gasteiger partial charge on any atom is 0.374 e. The van der Waals surface area contributed by atoms with Crippen LogP contribution in [-0.2, 0) is 4.74 Å². The van der Waals surface area contributed by atoms with E-state index in [-0.39, 0.29) is 18.2 Å². The lowest BCUT2D eigenvalue weighted by atomic mass is 10.1. The summed E-state index contributed by atoms with van der Waals surface area (Å²) in [7, 11) is 0. The van der Waals surface area contributed by atoms with Gasteiger partial charge in [-0.15, -0.1) is 0 Å². The smallest absolute Gasteiger partial charge is 0.374 e. The van der Waals surface area contributed by atoms with Gasteiger partial charge in [0, 0.05) is 28.6 Å². The van der Waals surface area contributed by atoms with Crippen molar-refractivity contribution in [3.05, 3.63) is 58.5 Å². The Labute approximate surface area is 144 Å². The summed E-state index contributed by atoms with van der Waals surface area (Å²) >= 11 is 0. The fraction of sp³-hybridized carbons (Fsp3) is 0.278. The van der Waals surface area contributed by atoms with Crippen LogP contribution < -0.4 is 0 Å². The number of furan rings is 1. The molecule has 0 N–H and O–H groups in total. The molecule has 0 saturated heterocycles. The fourth-order valence-electron chi connectivity index (χ4n) is 2.71. The van der Waals surface area contributed by atoms with E-state index in [1.165, 1.54) is 6.26 Å². The van der Waals surface area contributed by atoms with Gasteiger partial charge in [0.2, 0.25) is 11.5 Å². The van der Waals surface area contributed by atoms with Crippen LogP contribution in [0.2, 0.25) is 0 Å². The first kappa shape index (κ1) is 16.8. The lowest BCUT2D eigenvalue weighted by Gasteiger charge is -2.06. The Morgan fingerprint density at radius 2 is 1.96 bits per heavy atom. The van der Waals surface area contributed by atoms with E-state index in [2.05, 4.69) is 5.16 Å². The molecule has 0 atom stereocenters. The third kappa shape index (κ3) is 3.13. The van der Waals surface area contributed by atoms with Crippen molar-refractivity contribution in [1.29, 1.82) is 0 Å². The highest BCUT2D eigenvalue weighted by Crippen LogP contribution is 2.21. The van der Waals surface area contributed by atoms with Crippen molar-refractivity contribution >= 4 is 11.8 Å². The second-order valence-corrected chi connectivity index (χ2v) is 5.85. The van der Waals surface area contributed by atoms with E-state index in [4.69, 9.17) is 13.7 Å². The summed E-state index contributed by atoms with van der Waals surface area (Å²) in [5, 5.41) is 3.98. The van der Waals surface area contributed by atoms with Gasteiger partial charge in [-0.1, -0.05) is 5.16 Å². The summed E-state index contributed by atoms with van der Waals surface area (Å²) in [4.78, 5) is 24.4. The number of hydrogen-bond acceptors (Lipinski definition) is 6. The average Bonchev–Trinajstić information content (AvgIpc) is 3.24. The molecule has 0 saturated carbocycles. The van der Waals surface area contributed by atoms with Crippen molar-refractivity contribution in [3.63, 3.8) is 0 Å². The second kappa shape index (κ2) is 6.43. The quantitative estimate of drug-likeness (QED) is 0.522. The highest BCUT2D eigenvalue weighted by Gasteiger charge is 2.21. The maximum absolute atomic E-state index is 12.5. The highest BCUT2D eigenvalue weighted by atomic mass is 16.5. The van der Waals surface area contributed by atoms with Crippen LogP contribution in [0.15, 0.2) is 33.4 Å². The van der Waals surface area contributed by atoms with Gasteiger partial charge in [0.1, 0.15) is 5.76 Å². The molecule has 0 aliphatic carbocycles. The predicted molar refractivity (Wildman–Crippen MR) is 88.1 cm³/mol. The Morgan fingerprint density at radius 3 is 2.56 bits per heavy atom. The molecule has 0 unspecified atom stereocenters. The van der Waals surface area contributed by atoms with Gasteiger partial charge in [0.25, 0.3) is 0 Å². The van der Waals surface area contributed by atoms with E-state index in [9.17, 15) is 9.59 Å². The molecule has 0 aliphatic heterocycles. The van der Waals surface area contributed by atoms with Crippen molar-refractivity contribution in [1.82, 2.24) is 9.72 Å². The molecule has 0 spiro atoms. The number of carbonyl (C=O) groups is 2. The van der Waals surface area contributed by atoms with Crippen LogP contribution in [0, 0.1) is 27.7 Å². The first-order chi connectivity index (χ1) is 11.9. The predicted octanol–water partition coefficient (Wildman–Crippen LogP) is 3.33. The molecular formula is C18H18N2O5. The van der Waals surface area contributed by atoms with Crippen LogP contribution in [0.1, 0.15) is 43.6 Å². The molecule has 0 aliphatic rings. The lowest BCUT2D eigenvalue weighted by Crippen LogP contribution is -2.15. The zero-order valence-corrected chi connectivity index (χ0v) is 14.5. The minimum absolute atomic E-state index is 0.108. The van der Waals surface area contributed by atoms with Gasteiger partial charge >= 0.3 is 5.97 Å². The van der Waals surface area contributed by atoms with Crippen molar-refractivity contribution in [3.8, 4) is 5.82 Å². The standard InChI is InChI=1S/C18H18N2O5/c1-10-5-6-23-17(10)18(22)24-9-15(21)14-7-11(2)20(13(14)4)16-8-12(3)25-19-16/h5-8H,9H2,1-4H3. The Kier molecular flexibility index (Phi) is 4.31. The maximum atomic E-state index is 12.5. The number of nitrogens with zero attached hydrogens (tertiary/aromatic N) is 2. The Hall–Kier alpha value is -3.09. The summed E-state index contributed by atoms with van der Waals surface area (Å²) in [6.45, 7) is 6.85. The largest absolute Gasteiger partial charge is 0.457 e. The Balaban J connectivity index is 1.77. The molecule has 3 aromatic heterocycles. The topological polar surface area (TPSA) is 87.5 Å². The highest BCUT2D eigenvalue weighted by molar-refractivity contribution is 6.00. The molecule has 3 heterocycles. The average molecular weight is 342 g/mol. The van der Waals surface area contributed by atoms with Crippen LogP contribution in [0.4, 0.5) is 0 Å². The minimum Gasteiger partial charge on any atom is -0.457 e. The van der Waals surface area contributed by atoms with Crippen LogP contribution in [-0.4, -0.2) is 28.1 Å². The monoisotopic (exact) mass is 342 g/mol. The SMILES string of the molecule is Cc1cc(-n2c(C)cc(C(=O)COC(=O)c3occc3C)c2C)no1. The van der Waals surface area contributed by atoms with Gasteiger partial charge in [-0.25, -0.2) is 4.79 Å². The number of esters is 1. The van der Waals surface area contributed by atoms with Crippen LogP contribution in [0.3, 0.4) is 0 Å². The third-order valence-corrected chi connectivity index (χ3v) is 3.96. The normalized spacial score (nSPS) is 10.9. The Bertz CT molecular complexity index is 945. The third-order valence-electron chi connectivity index (χ3n) is 3.96. The zero-order valence-electron chi connectivity index (χ0n) is 14.5. The van der Waals surface area contributed by atoms with Crippen LogP contribution in [0.25, 0.3) is 5.82 Å². The molecule has 0 amide bonds. The van der Waals surface area contributed by atoms with Crippen molar-refractivity contribution in [2.45, 2.75) is 27.7 Å². The first-order valence-corrected chi connectivity index (χ1v) is 7.75. The molecule has 130 valence electrons. The molecule has 7 heteroatoms. The molecule has 7 nitrogen and oxygen atoms in total. The van der Waals surface area contributed by atoms with E-state index in [0.717, 1.165) is 5.69 Å². The van der Waals surface area contributed by atoms with Gasteiger partial charge in [-0.05, 0) is 39.8 Å². The Morgan fingerprint density at radius 1 is 1.20 bits per heavy atom. The van der Waals surface area contributed by atoms with Gasteiger partial charge < -0.3 is 13.7 Å². The number of Topliss-reactive ketones (excluding diaryl/α,β-unsaturated/α-hetero) is 1. The molecule has 0 aromatic carbocycles. The van der Waals surface area contributed by atoms with Gasteiger partial charge in [-0.2, -0.15) is 0 Å². The molecule has 3 aromatic rings. The van der Waals surface area contributed by atoms with E-state index in [0.29, 0.717) is 28.4 Å². The van der Waals surface area contributed by atoms with Crippen molar-refractivity contribution < 1.29 is 23.3 Å². The molecule has 25 heavy (non-hydrogen) atoms. The summed E-state index contributed by atoms with van der Waals surface area (Å²) in [6, 6.07) is 5.19. The number of ether oxygens (including phenoxy) is 1. The number of ketones is 1. The summed E-state index contributed by atoms with van der Waals surface area (Å²) in [5.74, 6) is 0.443. The van der Waals surface area contributed by atoms with E-state index in [1.807, 2.05) is 18.4 Å². The summed E-state index contributed by atoms with van der Waals surface area (Å²) in [5.41, 5.74) is 2.68.